The minimum Gasteiger partial charge on any atom is -0.385 e. The fourth-order valence-electron chi connectivity index (χ4n) is 2.49. The average molecular weight is 513 g/mol. The Balaban J connectivity index is 2.14. The minimum atomic E-state index is -5.78. The van der Waals surface area contributed by atoms with Crippen molar-refractivity contribution < 1.29 is 65.4 Å². The molecule has 178 valence electrons. The summed E-state index contributed by atoms with van der Waals surface area (Å²) in [5.41, 5.74) is 5.49. The molecule has 1 fully saturated rings. The van der Waals surface area contributed by atoms with Crippen LogP contribution < -0.4 is 5.73 Å². The zero-order chi connectivity index (χ0) is 23.8. The molecule has 2 aliphatic rings. The number of phosphoric acid groups is 3. The van der Waals surface area contributed by atoms with E-state index < -0.39 is 54.4 Å². The standard InChI is InChI=1S/C11H19FN3O13P3/c1-6-14-7(13)3-4-15(6)10-8(16)9(12)11(24-2,26-10)5-25-30(20,21)28-31(22,23)27-29(17,18)19/h3-4,8-10,16H,1,5H2,2H3,(H2,13,14)(H,20,21)(H,22,23)(H2,17,18,19)/t8-,9+,10-,11-/m1/s1. The zero-order valence-electron chi connectivity index (χ0n) is 15.5. The fourth-order valence-corrected chi connectivity index (χ4v) is 5.53. The first-order chi connectivity index (χ1) is 14.0. The number of phosphoric ester groups is 1. The molecular weight excluding hydrogens is 494 g/mol. The van der Waals surface area contributed by atoms with Crippen molar-refractivity contribution in [1.82, 2.24) is 4.90 Å². The van der Waals surface area contributed by atoms with Crippen LogP contribution >= 0.6 is 23.5 Å². The number of nitrogens with zero attached hydrogens (tertiary/aromatic N) is 2. The summed E-state index contributed by atoms with van der Waals surface area (Å²) in [6, 6.07) is 0. The van der Waals surface area contributed by atoms with Crippen molar-refractivity contribution in [1.29, 1.82) is 0 Å². The second-order valence-corrected chi connectivity index (χ2v) is 10.4. The van der Waals surface area contributed by atoms with E-state index in [1.165, 1.54) is 12.3 Å². The molecule has 0 aromatic rings. The number of ether oxygens (including phenoxy) is 2. The van der Waals surface area contributed by atoms with Crippen molar-refractivity contribution in [3.8, 4) is 0 Å². The predicted molar refractivity (Wildman–Crippen MR) is 97.1 cm³/mol. The van der Waals surface area contributed by atoms with Gasteiger partial charge in [-0.25, -0.2) is 23.1 Å². The van der Waals surface area contributed by atoms with Crippen molar-refractivity contribution in [3.63, 3.8) is 0 Å². The maximum absolute atomic E-state index is 14.8. The lowest BCUT2D eigenvalue weighted by molar-refractivity contribution is -0.259. The molecule has 6 atom stereocenters. The molecule has 0 aromatic heterocycles. The second kappa shape index (κ2) is 9.08. The van der Waals surface area contributed by atoms with Crippen LogP contribution in [0.15, 0.2) is 29.7 Å². The Labute approximate surface area is 173 Å². The minimum absolute atomic E-state index is 0.0453. The van der Waals surface area contributed by atoms with Crippen molar-refractivity contribution in [2.24, 2.45) is 10.7 Å². The number of rotatable bonds is 9. The summed E-state index contributed by atoms with van der Waals surface area (Å²) < 4.78 is 70.3. The highest BCUT2D eigenvalue weighted by atomic mass is 31.3. The van der Waals surface area contributed by atoms with Crippen molar-refractivity contribution >= 4 is 29.3 Å². The van der Waals surface area contributed by atoms with Crippen molar-refractivity contribution in [2.45, 2.75) is 24.3 Å². The molecule has 1 saturated heterocycles. The molecule has 2 rings (SSSR count). The van der Waals surface area contributed by atoms with Gasteiger partial charge in [0.05, 0.1) is 0 Å². The Morgan fingerprint density at radius 1 is 1.29 bits per heavy atom. The number of aliphatic hydroxyl groups is 1. The molecule has 0 radical (unpaired) electrons. The number of amidine groups is 1. The van der Waals surface area contributed by atoms with Gasteiger partial charge in [-0.1, -0.05) is 6.58 Å². The predicted octanol–water partition coefficient (Wildman–Crippen LogP) is -0.615. The number of hydrogen-bond donors (Lipinski definition) is 6. The number of aliphatic imine (C=N–C) groups is 1. The molecule has 0 amide bonds. The van der Waals surface area contributed by atoms with Crippen LogP contribution in [0.4, 0.5) is 4.39 Å². The third kappa shape index (κ3) is 6.49. The average Bonchev–Trinajstić information content (AvgIpc) is 2.82. The molecule has 2 aliphatic heterocycles. The molecule has 0 aromatic carbocycles. The van der Waals surface area contributed by atoms with Crippen molar-refractivity contribution in [2.75, 3.05) is 13.7 Å². The highest BCUT2D eigenvalue weighted by Crippen LogP contribution is 2.66. The van der Waals surface area contributed by atoms with Crippen LogP contribution in [0, 0.1) is 0 Å². The first-order valence-corrected chi connectivity index (χ1v) is 12.4. The number of halogens is 1. The van der Waals surface area contributed by atoms with E-state index in [-0.39, 0.29) is 11.7 Å². The lowest BCUT2D eigenvalue weighted by Crippen LogP contribution is -2.46. The molecule has 0 aliphatic carbocycles. The third-order valence-corrected chi connectivity index (χ3v) is 7.54. The van der Waals surface area contributed by atoms with Gasteiger partial charge in [-0.3, -0.25) is 4.52 Å². The van der Waals surface area contributed by atoms with Crippen LogP contribution in [0.1, 0.15) is 0 Å². The lowest BCUT2D eigenvalue weighted by atomic mass is 10.1. The van der Waals surface area contributed by atoms with E-state index in [2.05, 4.69) is 24.7 Å². The summed E-state index contributed by atoms with van der Waals surface area (Å²) in [5.74, 6) is -2.51. The van der Waals surface area contributed by atoms with Crippen LogP contribution in [0.5, 0.6) is 0 Å². The van der Waals surface area contributed by atoms with Crippen LogP contribution in [0.25, 0.3) is 0 Å². The summed E-state index contributed by atoms with van der Waals surface area (Å²) >= 11 is 0. The van der Waals surface area contributed by atoms with Gasteiger partial charge in [0, 0.05) is 13.3 Å². The SMILES string of the molecule is C=C1N=C(N)C=CN1[C@@H]1O[C@@](COP(=O)(O)OP(=O)(O)OP(=O)(O)O)(OC)[C@@H](F)[C@H]1O. The zero-order valence-corrected chi connectivity index (χ0v) is 18.2. The van der Waals surface area contributed by atoms with E-state index in [0.29, 0.717) is 0 Å². The van der Waals surface area contributed by atoms with Crippen LogP contribution in [0.2, 0.25) is 0 Å². The number of hydrogen-bond acceptors (Lipinski definition) is 12. The smallest absolute Gasteiger partial charge is 0.385 e. The van der Waals surface area contributed by atoms with Gasteiger partial charge in [-0.15, -0.1) is 0 Å². The summed E-state index contributed by atoms with van der Waals surface area (Å²) in [4.78, 5) is 40.6. The van der Waals surface area contributed by atoms with Gasteiger partial charge in [-0.05, 0) is 6.08 Å². The van der Waals surface area contributed by atoms with Crippen LogP contribution in [-0.2, 0) is 36.3 Å². The summed E-state index contributed by atoms with van der Waals surface area (Å²) in [5, 5.41) is 10.2. The van der Waals surface area contributed by atoms with Gasteiger partial charge in [0.1, 0.15) is 24.4 Å². The van der Waals surface area contributed by atoms with Crippen LogP contribution in [0.3, 0.4) is 0 Å². The molecule has 16 nitrogen and oxygen atoms in total. The van der Waals surface area contributed by atoms with Gasteiger partial charge in [0.25, 0.3) is 0 Å². The van der Waals surface area contributed by atoms with E-state index in [1.54, 1.807) is 0 Å². The molecule has 20 heteroatoms. The Hall–Kier alpha value is -1.03. The van der Waals surface area contributed by atoms with Gasteiger partial charge < -0.3 is 44.8 Å². The molecule has 0 saturated carbocycles. The number of nitrogens with two attached hydrogens (primary N) is 1. The Morgan fingerprint density at radius 3 is 2.42 bits per heavy atom. The summed E-state index contributed by atoms with van der Waals surface area (Å²) in [6.45, 7) is 2.26. The maximum atomic E-state index is 14.8. The van der Waals surface area contributed by atoms with Gasteiger partial charge in [-0.2, -0.15) is 8.62 Å². The lowest BCUT2D eigenvalue weighted by Gasteiger charge is -2.32. The normalized spacial score (nSPS) is 33.1. The quantitative estimate of drug-likeness (QED) is 0.211. The Bertz CT molecular complexity index is 924. The number of aliphatic hydroxyl groups excluding tert-OH is 1. The van der Waals surface area contributed by atoms with E-state index in [0.717, 1.165) is 12.0 Å². The molecule has 0 spiro atoms. The summed E-state index contributed by atoms with van der Waals surface area (Å²) in [6.07, 6.45) is -3.30. The largest absolute Gasteiger partial charge is 0.490 e. The molecular formula is C11H19FN3O13P3. The van der Waals surface area contributed by atoms with Crippen LogP contribution in [-0.4, -0.2) is 73.4 Å². The maximum Gasteiger partial charge on any atom is 0.490 e. The van der Waals surface area contributed by atoms with Gasteiger partial charge in [0.15, 0.2) is 12.4 Å². The van der Waals surface area contributed by atoms with E-state index in [9.17, 15) is 28.1 Å². The molecule has 0 bridgehead atoms. The van der Waals surface area contributed by atoms with E-state index in [1.807, 2.05) is 0 Å². The monoisotopic (exact) mass is 513 g/mol. The molecule has 31 heavy (non-hydrogen) atoms. The first-order valence-electron chi connectivity index (χ1n) is 7.84. The highest BCUT2D eigenvalue weighted by molar-refractivity contribution is 7.66. The topological polar surface area (TPSA) is 240 Å². The van der Waals surface area contributed by atoms with E-state index >= 15 is 0 Å². The van der Waals surface area contributed by atoms with Gasteiger partial charge >= 0.3 is 23.5 Å². The third-order valence-electron chi connectivity index (χ3n) is 3.76. The molecule has 2 unspecified atom stereocenters. The molecule has 2 heterocycles. The molecule has 7 N–H and O–H groups in total. The Kier molecular flexibility index (Phi) is 7.68. The number of methoxy groups -OCH3 is 1. The fraction of sp³-hybridized carbons (Fsp3) is 0.545. The second-order valence-electron chi connectivity index (χ2n) is 5.96. The Morgan fingerprint density at radius 2 is 1.90 bits per heavy atom. The highest BCUT2D eigenvalue weighted by Gasteiger charge is 2.59. The first kappa shape index (κ1) is 26.2. The van der Waals surface area contributed by atoms with E-state index in [4.69, 9.17) is 29.9 Å². The summed E-state index contributed by atoms with van der Waals surface area (Å²) in [7, 11) is -16.1. The number of alkyl halides is 1. The van der Waals surface area contributed by atoms with Crippen molar-refractivity contribution in [3.05, 3.63) is 24.7 Å². The van der Waals surface area contributed by atoms with Gasteiger partial charge in [0.2, 0.25) is 5.79 Å².